The molecule has 23 heavy (non-hydrogen) atoms. The Balaban J connectivity index is 2.15. The molecule has 0 aliphatic rings. The summed E-state index contributed by atoms with van der Waals surface area (Å²) in [6.45, 7) is 0.531. The monoisotopic (exact) mass is 315 g/mol. The number of amides is 1. The highest BCUT2D eigenvalue weighted by Gasteiger charge is 2.17. The lowest BCUT2D eigenvalue weighted by atomic mass is 10.1. The van der Waals surface area contributed by atoms with Crippen molar-refractivity contribution in [2.45, 2.75) is 13.0 Å². The predicted molar refractivity (Wildman–Crippen MR) is 84.2 cm³/mol. The molecule has 2 rings (SSSR count). The van der Waals surface area contributed by atoms with Crippen LogP contribution in [0, 0.1) is 5.82 Å². The summed E-state index contributed by atoms with van der Waals surface area (Å²) in [5.41, 5.74) is 1.33. The van der Waals surface area contributed by atoms with E-state index >= 15 is 0 Å². The minimum atomic E-state index is -0.380. The van der Waals surface area contributed by atoms with E-state index in [-0.39, 0.29) is 30.7 Å². The molecule has 5 heteroatoms. The van der Waals surface area contributed by atoms with E-state index in [1.54, 1.807) is 41.3 Å². The summed E-state index contributed by atoms with van der Waals surface area (Å²) >= 11 is 0. The smallest absolute Gasteiger partial charge is 0.307 e. The van der Waals surface area contributed by atoms with Crippen LogP contribution in [-0.2, 0) is 16.1 Å². The summed E-state index contributed by atoms with van der Waals surface area (Å²) in [6.07, 6.45) is 0.107. The molecule has 0 saturated heterocycles. The molecule has 0 fully saturated rings. The van der Waals surface area contributed by atoms with E-state index < -0.39 is 0 Å². The molecule has 0 heterocycles. The fourth-order valence-corrected chi connectivity index (χ4v) is 2.15. The van der Waals surface area contributed by atoms with Gasteiger partial charge in [0.05, 0.1) is 13.5 Å². The van der Waals surface area contributed by atoms with E-state index in [0.717, 1.165) is 5.56 Å². The molecule has 0 aliphatic heterocycles. The van der Waals surface area contributed by atoms with Gasteiger partial charge < -0.3 is 9.64 Å². The van der Waals surface area contributed by atoms with Gasteiger partial charge in [-0.05, 0) is 29.8 Å². The van der Waals surface area contributed by atoms with Crippen molar-refractivity contribution < 1.29 is 18.7 Å². The van der Waals surface area contributed by atoms with E-state index in [9.17, 15) is 14.0 Å². The van der Waals surface area contributed by atoms with Crippen molar-refractivity contribution in [1.82, 2.24) is 4.90 Å². The summed E-state index contributed by atoms with van der Waals surface area (Å²) in [4.78, 5) is 25.5. The van der Waals surface area contributed by atoms with Crippen LogP contribution in [0.4, 0.5) is 4.39 Å². The SMILES string of the molecule is COC(=O)CCN(Cc1ccc(F)cc1)C(=O)c1ccccc1. The molecule has 0 bridgehead atoms. The molecule has 0 spiro atoms. The highest BCUT2D eigenvalue weighted by molar-refractivity contribution is 5.94. The van der Waals surface area contributed by atoms with Gasteiger partial charge in [0.2, 0.25) is 0 Å². The van der Waals surface area contributed by atoms with E-state index in [1.807, 2.05) is 6.07 Å². The Kier molecular flexibility index (Phi) is 5.86. The maximum atomic E-state index is 13.0. The largest absolute Gasteiger partial charge is 0.469 e. The standard InChI is InChI=1S/C18H18FNO3/c1-23-17(21)11-12-20(13-14-7-9-16(19)10-8-14)18(22)15-5-3-2-4-6-15/h2-10H,11-13H2,1H3. The predicted octanol–water partition coefficient (Wildman–Crippen LogP) is 3.03. The molecule has 2 aromatic rings. The lowest BCUT2D eigenvalue weighted by molar-refractivity contribution is -0.140. The zero-order valence-corrected chi connectivity index (χ0v) is 12.9. The first kappa shape index (κ1) is 16.7. The second-order valence-corrected chi connectivity index (χ2v) is 5.05. The van der Waals surface area contributed by atoms with Crippen LogP contribution < -0.4 is 0 Å². The maximum absolute atomic E-state index is 13.0. The van der Waals surface area contributed by atoms with Gasteiger partial charge >= 0.3 is 5.97 Å². The third kappa shape index (κ3) is 4.92. The first-order valence-corrected chi connectivity index (χ1v) is 7.25. The number of benzene rings is 2. The highest BCUT2D eigenvalue weighted by atomic mass is 19.1. The Labute approximate surface area is 134 Å². The summed E-state index contributed by atoms with van der Waals surface area (Å²) in [7, 11) is 1.31. The third-order valence-electron chi connectivity index (χ3n) is 3.41. The Morgan fingerprint density at radius 1 is 1.04 bits per heavy atom. The second-order valence-electron chi connectivity index (χ2n) is 5.05. The number of carbonyl (C=O) groups is 2. The van der Waals surface area contributed by atoms with Crippen LogP contribution in [0.1, 0.15) is 22.3 Å². The number of carbonyl (C=O) groups excluding carboxylic acids is 2. The van der Waals surface area contributed by atoms with Gasteiger partial charge in [0, 0.05) is 18.7 Å². The van der Waals surface area contributed by atoms with Crippen molar-refractivity contribution in [1.29, 1.82) is 0 Å². The Morgan fingerprint density at radius 2 is 1.70 bits per heavy atom. The van der Waals surface area contributed by atoms with Crippen LogP contribution in [0.2, 0.25) is 0 Å². The van der Waals surface area contributed by atoms with E-state index in [4.69, 9.17) is 0 Å². The zero-order chi connectivity index (χ0) is 16.7. The molecule has 4 nitrogen and oxygen atoms in total. The van der Waals surface area contributed by atoms with Crippen LogP contribution in [0.5, 0.6) is 0 Å². The summed E-state index contributed by atoms with van der Waals surface area (Å²) in [5, 5.41) is 0. The molecule has 0 aromatic heterocycles. The molecule has 0 radical (unpaired) electrons. The maximum Gasteiger partial charge on any atom is 0.307 e. The van der Waals surface area contributed by atoms with Crippen LogP contribution in [-0.4, -0.2) is 30.4 Å². The van der Waals surface area contributed by atoms with Crippen LogP contribution in [0.15, 0.2) is 54.6 Å². The van der Waals surface area contributed by atoms with Gasteiger partial charge in [0.25, 0.3) is 5.91 Å². The molecule has 0 N–H and O–H groups in total. The van der Waals surface area contributed by atoms with E-state index in [0.29, 0.717) is 12.1 Å². The van der Waals surface area contributed by atoms with Crippen molar-refractivity contribution in [3.8, 4) is 0 Å². The number of rotatable bonds is 6. The van der Waals surface area contributed by atoms with Crippen LogP contribution >= 0.6 is 0 Å². The lowest BCUT2D eigenvalue weighted by Crippen LogP contribution is -2.32. The molecule has 2 aromatic carbocycles. The van der Waals surface area contributed by atoms with Gasteiger partial charge in [-0.15, -0.1) is 0 Å². The summed E-state index contributed by atoms with van der Waals surface area (Å²) in [6, 6.07) is 14.8. The summed E-state index contributed by atoms with van der Waals surface area (Å²) in [5.74, 6) is -0.891. The molecular weight excluding hydrogens is 297 g/mol. The zero-order valence-electron chi connectivity index (χ0n) is 12.9. The van der Waals surface area contributed by atoms with Crippen LogP contribution in [0.3, 0.4) is 0 Å². The number of esters is 1. The molecule has 0 saturated carbocycles. The topological polar surface area (TPSA) is 46.6 Å². The Bertz CT molecular complexity index is 656. The van der Waals surface area contributed by atoms with Crippen molar-refractivity contribution in [2.24, 2.45) is 0 Å². The molecule has 0 atom stereocenters. The third-order valence-corrected chi connectivity index (χ3v) is 3.41. The molecule has 120 valence electrons. The average Bonchev–Trinajstić information content (AvgIpc) is 2.60. The van der Waals surface area contributed by atoms with Crippen molar-refractivity contribution >= 4 is 11.9 Å². The average molecular weight is 315 g/mol. The van der Waals surface area contributed by atoms with Gasteiger partial charge in [-0.1, -0.05) is 30.3 Å². The quantitative estimate of drug-likeness (QED) is 0.770. The van der Waals surface area contributed by atoms with Gasteiger partial charge in [-0.25, -0.2) is 4.39 Å². The normalized spacial score (nSPS) is 10.2. The highest BCUT2D eigenvalue weighted by Crippen LogP contribution is 2.12. The Hall–Kier alpha value is -2.69. The number of halogens is 1. The lowest BCUT2D eigenvalue weighted by Gasteiger charge is -2.22. The van der Waals surface area contributed by atoms with Gasteiger partial charge in [0.1, 0.15) is 5.82 Å². The van der Waals surface area contributed by atoms with E-state index in [2.05, 4.69) is 4.74 Å². The Morgan fingerprint density at radius 3 is 2.30 bits per heavy atom. The van der Waals surface area contributed by atoms with Gasteiger partial charge in [-0.3, -0.25) is 9.59 Å². The molecule has 1 amide bonds. The minimum Gasteiger partial charge on any atom is -0.469 e. The summed E-state index contributed by atoms with van der Waals surface area (Å²) < 4.78 is 17.6. The fraction of sp³-hybridized carbons (Fsp3) is 0.222. The number of hydrogen-bond donors (Lipinski definition) is 0. The fourth-order valence-electron chi connectivity index (χ4n) is 2.15. The molecular formula is C18H18FNO3. The van der Waals surface area contributed by atoms with E-state index in [1.165, 1.54) is 19.2 Å². The number of nitrogens with zero attached hydrogens (tertiary/aromatic N) is 1. The van der Waals surface area contributed by atoms with Crippen molar-refractivity contribution in [3.63, 3.8) is 0 Å². The molecule has 0 aliphatic carbocycles. The number of methoxy groups -OCH3 is 1. The second kappa shape index (κ2) is 8.08. The first-order valence-electron chi connectivity index (χ1n) is 7.25. The van der Waals surface area contributed by atoms with Crippen LogP contribution in [0.25, 0.3) is 0 Å². The molecule has 0 unspecified atom stereocenters. The number of ether oxygens (including phenoxy) is 1. The van der Waals surface area contributed by atoms with Crippen molar-refractivity contribution in [2.75, 3.05) is 13.7 Å². The van der Waals surface area contributed by atoms with Crippen molar-refractivity contribution in [3.05, 3.63) is 71.5 Å². The van der Waals surface area contributed by atoms with Gasteiger partial charge in [-0.2, -0.15) is 0 Å². The van der Waals surface area contributed by atoms with Gasteiger partial charge in [0.15, 0.2) is 0 Å². The number of hydrogen-bond acceptors (Lipinski definition) is 3. The first-order chi connectivity index (χ1) is 11.1. The minimum absolute atomic E-state index is 0.107.